The van der Waals surface area contributed by atoms with E-state index in [9.17, 15) is 9.59 Å². The number of benzene rings is 1. The summed E-state index contributed by atoms with van der Waals surface area (Å²) in [6, 6.07) is 3.97. The summed E-state index contributed by atoms with van der Waals surface area (Å²) in [5.74, 6) is -2.15. The Balaban J connectivity index is 3.08. The van der Waals surface area contributed by atoms with Gasteiger partial charge in [-0.3, -0.25) is 4.79 Å². The van der Waals surface area contributed by atoms with Crippen molar-refractivity contribution < 1.29 is 19.8 Å². The van der Waals surface area contributed by atoms with Crippen molar-refractivity contribution in [2.75, 3.05) is 0 Å². The summed E-state index contributed by atoms with van der Waals surface area (Å²) in [5, 5.41) is 17.4. The van der Waals surface area contributed by atoms with Crippen molar-refractivity contribution in [2.24, 2.45) is 0 Å². The SMILES string of the molecule is O=C(O)Cc1cc(C(=O)O)ccc1Cl. The zero-order chi connectivity index (χ0) is 10.7. The molecule has 0 atom stereocenters. The van der Waals surface area contributed by atoms with Gasteiger partial charge in [0.05, 0.1) is 12.0 Å². The van der Waals surface area contributed by atoms with Crippen molar-refractivity contribution >= 4 is 23.5 Å². The molecule has 0 heterocycles. The van der Waals surface area contributed by atoms with E-state index in [1.165, 1.54) is 18.2 Å². The summed E-state index contributed by atoms with van der Waals surface area (Å²) in [7, 11) is 0. The van der Waals surface area contributed by atoms with E-state index >= 15 is 0 Å². The maximum absolute atomic E-state index is 10.6. The Labute approximate surface area is 84.7 Å². The maximum atomic E-state index is 10.6. The quantitative estimate of drug-likeness (QED) is 0.803. The minimum Gasteiger partial charge on any atom is -0.481 e. The van der Waals surface area contributed by atoms with Crippen LogP contribution in [0.5, 0.6) is 0 Å². The number of aromatic carboxylic acids is 1. The monoisotopic (exact) mass is 214 g/mol. The van der Waals surface area contributed by atoms with E-state index in [2.05, 4.69) is 0 Å². The summed E-state index contributed by atoms with van der Waals surface area (Å²) >= 11 is 5.69. The lowest BCUT2D eigenvalue weighted by molar-refractivity contribution is -0.136. The molecule has 0 aliphatic heterocycles. The number of carboxylic acid groups (broad SMARTS) is 2. The predicted molar refractivity (Wildman–Crippen MR) is 49.8 cm³/mol. The molecule has 14 heavy (non-hydrogen) atoms. The first-order chi connectivity index (χ1) is 6.50. The third-order valence-electron chi connectivity index (χ3n) is 1.63. The van der Waals surface area contributed by atoms with Gasteiger partial charge in [0.2, 0.25) is 0 Å². The van der Waals surface area contributed by atoms with E-state index in [4.69, 9.17) is 21.8 Å². The number of halogens is 1. The van der Waals surface area contributed by atoms with E-state index in [1.54, 1.807) is 0 Å². The summed E-state index contributed by atoms with van der Waals surface area (Å²) in [6.45, 7) is 0. The zero-order valence-electron chi connectivity index (χ0n) is 7.03. The first-order valence-electron chi connectivity index (χ1n) is 3.74. The summed E-state index contributed by atoms with van der Waals surface area (Å²) in [6.07, 6.45) is -0.278. The third kappa shape index (κ3) is 2.47. The zero-order valence-corrected chi connectivity index (χ0v) is 7.78. The van der Waals surface area contributed by atoms with E-state index in [0.717, 1.165) is 0 Å². The van der Waals surface area contributed by atoms with Gasteiger partial charge >= 0.3 is 11.9 Å². The highest BCUT2D eigenvalue weighted by molar-refractivity contribution is 6.31. The van der Waals surface area contributed by atoms with E-state index in [1.807, 2.05) is 0 Å². The fourth-order valence-electron chi connectivity index (χ4n) is 1.01. The topological polar surface area (TPSA) is 74.6 Å². The number of carboxylic acids is 2. The molecule has 0 saturated carbocycles. The van der Waals surface area contributed by atoms with E-state index in [0.29, 0.717) is 5.56 Å². The molecule has 0 aliphatic carbocycles. The van der Waals surface area contributed by atoms with Crippen molar-refractivity contribution in [3.8, 4) is 0 Å². The van der Waals surface area contributed by atoms with Gasteiger partial charge in [-0.1, -0.05) is 11.6 Å². The molecule has 0 fully saturated rings. The van der Waals surface area contributed by atoms with Crippen LogP contribution in [-0.4, -0.2) is 22.2 Å². The van der Waals surface area contributed by atoms with Gasteiger partial charge < -0.3 is 10.2 Å². The Hall–Kier alpha value is -1.55. The van der Waals surface area contributed by atoms with Gasteiger partial charge in [-0.15, -0.1) is 0 Å². The van der Waals surface area contributed by atoms with Crippen LogP contribution in [0.3, 0.4) is 0 Å². The molecule has 0 unspecified atom stereocenters. The Morgan fingerprint density at radius 2 is 1.93 bits per heavy atom. The predicted octanol–water partition coefficient (Wildman–Crippen LogP) is 1.67. The lowest BCUT2D eigenvalue weighted by atomic mass is 10.1. The van der Waals surface area contributed by atoms with Crippen molar-refractivity contribution in [3.05, 3.63) is 34.3 Å². The van der Waals surface area contributed by atoms with Gasteiger partial charge in [0.1, 0.15) is 0 Å². The molecule has 1 aromatic rings. The van der Waals surface area contributed by atoms with Crippen LogP contribution in [0.1, 0.15) is 15.9 Å². The molecule has 2 N–H and O–H groups in total. The number of hydrogen-bond donors (Lipinski definition) is 2. The Bertz CT molecular complexity index is 386. The van der Waals surface area contributed by atoms with Crippen LogP contribution in [0, 0.1) is 0 Å². The molecule has 5 heteroatoms. The van der Waals surface area contributed by atoms with Crippen LogP contribution in [0.2, 0.25) is 5.02 Å². The highest BCUT2D eigenvalue weighted by Crippen LogP contribution is 2.18. The average molecular weight is 215 g/mol. The van der Waals surface area contributed by atoms with Gasteiger partial charge in [-0.2, -0.15) is 0 Å². The van der Waals surface area contributed by atoms with Gasteiger partial charge in [-0.05, 0) is 23.8 Å². The molecule has 0 aliphatic rings. The van der Waals surface area contributed by atoms with Crippen LogP contribution in [-0.2, 0) is 11.2 Å². The van der Waals surface area contributed by atoms with Crippen molar-refractivity contribution in [2.45, 2.75) is 6.42 Å². The first kappa shape index (κ1) is 10.5. The molecule has 74 valence electrons. The largest absolute Gasteiger partial charge is 0.481 e. The van der Waals surface area contributed by atoms with Crippen LogP contribution in [0.4, 0.5) is 0 Å². The second-order valence-corrected chi connectivity index (χ2v) is 3.09. The maximum Gasteiger partial charge on any atom is 0.335 e. The van der Waals surface area contributed by atoms with Crippen molar-refractivity contribution in [1.29, 1.82) is 0 Å². The molecule has 0 spiro atoms. The molecule has 1 rings (SSSR count). The normalized spacial score (nSPS) is 9.79. The summed E-state index contributed by atoms with van der Waals surface area (Å²) in [5.41, 5.74) is 0.338. The number of rotatable bonds is 3. The van der Waals surface area contributed by atoms with Gasteiger partial charge in [-0.25, -0.2) is 4.79 Å². The van der Waals surface area contributed by atoms with Crippen molar-refractivity contribution in [3.63, 3.8) is 0 Å². The molecule has 0 saturated heterocycles. The summed E-state index contributed by atoms with van der Waals surface area (Å²) < 4.78 is 0. The van der Waals surface area contributed by atoms with Gasteiger partial charge in [0.15, 0.2) is 0 Å². The van der Waals surface area contributed by atoms with Crippen LogP contribution < -0.4 is 0 Å². The van der Waals surface area contributed by atoms with Crippen LogP contribution in [0.15, 0.2) is 18.2 Å². The molecule has 0 amide bonds. The van der Waals surface area contributed by atoms with E-state index < -0.39 is 11.9 Å². The fourth-order valence-corrected chi connectivity index (χ4v) is 1.19. The molecular weight excluding hydrogens is 208 g/mol. The molecule has 4 nitrogen and oxygen atoms in total. The number of carbonyl (C=O) groups is 2. The van der Waals surface area contributed by atoms with Crippen LogP contribution in [0.25, 0.3) is 0 Å². The Morgan fingerprint density at radius 1 is 1.29 bits per heavy atom. The van der Waals surface area contributed by atoms with Gasteiger partial charge in [0, 0.05) is 5.02 Å². The average Bonchev–Trinajstić information content (AvgIpc) is 2.07. The third-order valence-corrected chi connectivity index (χ3v) is 2.00. The first-order valence-corrected chi connectivity index (χ1v) is 4.12. The van der Waals surface area contributed by atoms with Gasteiger partial charge in [0.25, 0.3) is 0 Å². The van der Waals surface area contributed by atoms with Crippen molar-refractivity contribution in [1.82, 2.24) is 0 Å². The minimum atomic E-state index is -1.10. The fraction of sp³-hybridized carbons (Fsp3) is 0.111. The highest BCUT2D eigenvalue weighted by atomic mass is 35.5. The Kier molecular flexibility index (Phi) is 3.09. The molecule has 0 radical (unpaired) electrons. The second-order valence-electron chi connectivity index (χ2n) is 2.68. The number of hydrogen-bond acceptors (Lipinski definition) is 2. The Morgan fingerprint density at radius 3 is 2.43 bits per heavy atom. The lowest BCUT2D eigenvalue weighted by Gasteiger charge is -2.02. The molecule has 0 aromatic heterocycles. The lowest BCUT2D eigenvalue weighted by Crippen LogP contribution is -2.03. The highest BCUT2D eigenvalue weighted by Gasteiger charge is 2.09. The standard InChI is InChI=1S/C9H7ClO4/c10-7-2-1-5(9(13)14)3-6(7)4-8(11)12/h1-3H,4H2,(H,11,12)(H,13,14). The molecular formula is C9H7ClO4. The van der Waals surface area contributed by atoms with E-state index in [-0.39, 0.29) is 17.0 Å². The van der Waals surface area contributed by atoms with Crippen LogP contribution >= 0.6 is 11.6 Å². The minimum absolute atomic E-state index is 0.0330. The molecule has 0 bridgehead atoms. The number of aliphatic carboxylic acids is 1. The smallest absolute Gasteiger partial charge is 0.335 e. The second kappa shape index (κ2) is 4.11. The summed E-state index contributed by atoms with van der Waals surface area (Å²) in [4.78, 5) is 21.0. The molecule has 1 aromatic carbocycles.